The van der Waals surface area contributed by atoms with Crippen molar-refractivity contribution < 1.29 is 0 Å². The fourth-order valence-electron chi connectivity index (χ4n) is 10.8. The number of hydrogen-bond acceptors (Lipinski definition) is 2. The van der Waals surface area contributed by atoms with E-state index in [-0.39, 0.29) is 6.71 Å². The Hall–Kier alpha value is -8.66. The molecule has 2 heterocycles. The van der Waals surface area contributed by atoms with Gasteiger partial charge in [-0.05, 0) is 126 Å². The van der Waals surface area contributed by atoms with Crippen molar-refractivity contribution in [3.8, 4) is 55.6 Å². The average molecular weight is 851 g/mol. The molecule has 67 heavy (non-hydrogen) atoms. The zero-order valence-corrected chi connectivity index (χ0v) is 36.8. The van der Waals surface area contributed by atoms with Crippen molar-refractivity contribution in [1.29, 1.82) is 0 Å². The Kier molecular flexibility index (Phi) is 9.32. The average Bonchev–Trinajstić information content (AvgIpc) is 3.41. The van der Waals surface area contributed by atoms with Gasteiger partial charge in [0.15, 0.2) is 0 Å². The number of anilines is 6. The number of rotatable bonds is 7. The minimum absolute atomic E-state index is 0.0517. The zero-order valence-electron chi connectivity index (χ0n) is 36.8. The maximum absolute atomic E-state index is 2.56. The lowest BCUT2D eigenvalue weighted by molar-refractivity contribution is 1.25. The van der Waals surface area contributed by atoms with Crippen molar-refractivity contribution in [3.05, 3.63) is 261 Å². The summed E-state index contributed by atoms with van der Waals surface area (Å²) >= 11 is 0. The van der Waals surface area contributed by atoms with Gasteiger partial charge in [-0.15, -0.1) is 0 Å². The molecule has 13 rings (SSSR count). The first-order chi connectivity index (χ1) is 33.2. The summed E-state index contributed by atoms with van der Waals surface area (Å²) in [5, 5.41) is 2.45. The molecule has 2 aliphatic heterocycles. The number of fused-ring (bicyclic) bond motifs is 5. The van der Waals surface area contributed by atoms with Crippen molar-refractivity contribution >= 4 is 68.0 Å². The van der Waals surface area contributed by atoms with Crippen LogP contribution in [0.1, 0.15) is 0 Å². The normalized spacial score (nSPS) is 12.4. The van der Waals surface area contributed by atoms with Crippen molar-refractivity contribution in [3.63, 3.8) is 0 Å². The van der Waals surface area contributed by atoms with Crippen LogP contribution >= 0.6 is 0 Å². The standard InChI is InChI=1S/C64H43BN2/c1-5-17-44(18-6-1)48-31-36-53(37-32-48)66-60-39-34-51(46-21-9-3-10-22-46)42-57(60)65-58-43-52(47-23-11-4-12-24-47)35-40-61(58)67(63-30-16-29-62(66)64(63)65)59-38-33-50(45-19-7-2-8-20-45)41-56(59)55-28-15-26-49-25-13-14-27-54(49)55/h1-43H. The van der Waals surface area contributed by atoms with E-state index < -0.39 is 0 Å². The minimum Gasteiger partial charge on any atom is -0.311 e. The molecule has 0 fully saturated rings. The highest BCUT2D eigenvalue weighted by Gasteiger charge is 2.44. The van der Waals surface area contributed by atoms with Gasteiger partial charge in [-0.3, -0.25) is 0 Å². The summed E-state index contributed by atoms with van der Waals surface area (Å²) in [5.74, 6) is 0. The van der Waals surface area contributed by atoms with Crippen molar-refractivity contribution in [2.24, 2.45) is 0 Å². The molecular formula is C64H43BN2. The van der Waals surface area contributed by atoms with Crippen LogP contribution in [0, 0.1) is 0 Å². The first-order valence-electron chi connectivity index (χ1n) is 23.2. The van der Waals surface area contributed by atoms with E-state index in [4.69, 9.17) is 0 Å². The number of hydrogen-bond donors (Lipinski definition) is 0. The zero-order chi connectivity index (χ0) is 44.3. The molecule has 0 saturated carbocycles. The Morgan fingerprint density at radius 3 is 1.25 bits per heavy atom. The fraction of sp³-hybridized carbons (Fsp3) is 0. The third-order valence-corrected chi connectivity index (χ3v) is 13.9. The molecule has 2 aliphatic rings. The highest BCUT2D eigenvalue weighted by atomic mass is 15.2. The van der Waals surface area contributed by atoms with Gasteiger partial charge in [0.1, 0.15) is 0 Å². The monoisotopic (exact) mass is 850 g/mol. The first kappa shape index (κ1) is 38.8. The molecule has 0 saturated heterocycles. The molecular weight excluding hydrogens is 808 g/mol. The van der Waals surface area contributed by atoms with Crippen LogP contribution in [0.5, 0.6) is 0 Å². The van der Waals surface area contributed by atoms with E-state index in [0.29, 0.717) is 0 Å². The predicted molar refractivity (Wildman–Crippen MR) is 285 cm³/mol. The van der Waals surface area contributed by atoms with Gasteiger partial charge in [-0.25, -0.2) is 0 Å². The molecule has 0 atom stereocenters. The molecule has 0 N–H and O–H groups in total. The molecule has 3 heteroatoms. The molecule has 0 radical (unpaired) electrons. The van der Waals surface area contributed by atoms with Crippen LogP contribution in [0.2, 0.25) is 0 Å². The Balaban J connectivity index is 1.10. The third kappa shape index (κ3) is 6.58. The topological polar surface area (TPSA) is 6.48 Å². The molecule has 0 amide bonds. The van der Waals surface area contributed by atoms with Gasteiger partial charge >= 0.3 is 0 Å². The van der Waals surface area contributed by atoms with E-state index in [1.54, 1.807) is 0 Å². The molecule has 0 aromatic heterocycles. The van der Waals surface area contributed by atoms with E-state index in [2.05, 4.69) is 271 Å². The summed E-state index contributed by atoms with van der Waals surface area (Å²) < 4.78 is 0. The summed E-state index contributed by atoms with van der Waals surface area (Å²) in [5.41, 5.74) is 22.8. The van der Waals surface area contributed by atoms with Gasteiger partial charge in [-0.1, -0.05) is 212 Å². The van der Waals surface area contributed by atoms with Crippen LogP contribution < -0.4 is 26.2 Å². The van der Waals surface area contributed by atoms with Crippen molar-refractivity contribution in [2.45, 2.75) is 0 Å². The van der Waals surface area contributed by atoms with E-state index in [9.17, 15) is 0 Å². The maximum atomic E-state index is 2.56. The summed E-state index contributed by atoms with van der Waals surface area (Å²) in [6.45, 7) is -0.0517. The predicted octanol–water partition coefficient (Wildman–Crippen LogP) is 15.3. The smallest absolute Gasteiger partial charge is 0.252 e. The lowest BCUT2D eigenvalue weighted by Crippen LogP contribution is -2.61. The van der Waals surface area contributed by atoms with Gasteiger partial charge < -0.3 is 9.80 Å². The third-order valence-electron chi connectivity index (χ3n) is 13.9. The van der Waals surface area contributed by atoms with Crippen molar-refractivity contribution in [2.75, 3.05) is 9.80 Å². The number of nitrogens with zero attached hydrogens (tertiary/aromatic N) is 2. The van der Waals surface area contributed by atoms with Crippen LogP contribution in [-0.2, 0) is 0 Å². The lowest BCUT2D eigenvalue weighted by Gasteiger charge is -2.44. The quantitative estimate of drug-likeness (QED) is 0.147. The Morgan fingerprint density at radius 1 is 0.254 bits per heavy atom. The molecule has 2 nitrogen and oxygen atoms in total. The second kappa shape index (κ2) is 16.1. The summed E-state index contributed by atoms with van der Waals surface area (Å²) in [7, 11) is 0. The van der Waals surface area contributed by atoms with Gasteiger partial charge in [-0.2, -0.15) is 0 Å². The SMILES string of the molecule is c1ccc(-c2ccc(N3c4ccc(-c5ccccc5)cc4B4c5cc(-c6ccccc6)ccc5N(c5ccc(-c6ccccc6)cc5-c5cccc6ccccc56)c5cccc3c54)cc2)cc1. The van der Waals surface area contributed by atoms with E-state index >= 15 is 0 Å². The van der Waals surface area contributed by atoms with Gasteiger partial charge in [0, 0.05) is 34.0 Å². The maximum Gasteiger partial charge on any atom is 0.252 e. The molecule has 0 aliphatic carbocycles. The van der Waals surface area contributed by atoms with Crippen LogP contribution in [0.15, 0.2) is 261 Å². The largest absolute Gasteiger partial charge is 0.311 e. The molecule has 11 aromatic carbocycles. The fourth-order valence-corrected chi connectivity index (χ4v) is 10.8. The second-order valence-corrected chi connectivity index (χ2v) is 17.6. The Labute approximate surface area is 392 Å². The minimum atomic E-state index is -0.0517. The van der Waals surface area contributed by atoms with Crippen molar-refractivity contribution in [1.82, 2.24) is 0 Å². The first-order valence-corrected chi connectivity index (χ1v) is 23.2. The van der Waals surface area contributed by atoms with E-state index in [1.807, 2.05) is 0 Å². The number of benzene rings is 11. The highest BCUT2D eigenvalue weighted by Crippen LogP contribution is 2.48. The highest BCUT2D eigenvalue weighted by molar-refractivity contribution is 7.00. The van der Waals surface area contributed by atoms with Gasteiger partial charge in [0.2, 0.25) is 0 Å². The van der Waals surface area contributed by atoms with Crippen LogP contribution in [0.4, 0.5) is 34.1 Å². The lowest BCUT2D eigenvalue weighted by atomic mass is 9.33. The van der Waals surface area contributed by atoms with Crippen LogP contribution in [0.3, 0.4) is 0 Å². The Bertz CT molecular complexity index is 3620. The molecule has 0 bridgehead atoms. The molecule has 0 unspecified atom stereocenters. The van der Waals surface area contributed by atoms with Crippen LogP contribution in [0.25, 0.3) is 66.4 Å². The van der Waals surface area contributed by atoms with E-state index in [0.717, 1.165) is 11.4 Å². The summed E-state index contributed by atoms with van der Waals surface area (Å²) in [6.07, 6.45) is 0. The van der Waals surface area contributed by atoms with Crippen LogP contribution in [-0.4, -0.2) is 6.71 Å². The van der Waals surface area contributed by atoms with Gasteiger partial charge in [0.25, 0.3) is 6.71 Å². The molecule has 0 spiro atoms. The molecule has 11 aromatic rings. The second-order valence-electron chi connectivity index (χ2n) is 17.6. The molecule has 312 valence electrons. The Morgan fingerprint density at radius 2 is 0.672 bits per heavy atom. The van der Waals surface area contributed by atoms with E-state index in [1.165, 1.54) is 106 Å². The summed E-state index contributed by atoms with van der Waals surface area (Å²) in [6, 6.07) is 96.0. The van der Waals surface area contributed by atoms with Gasteiger partial charge in [0.05, 0.1) is 5.69 Å². The summed E-state index contributed by atoms with van der Waals surface area (Å²) in [4.78, 5) is 5.07.